The highest BCUT2D eigenvalue weighted by molar-refractivity contribution is 5.89. The van der Waals surface area contributed by atoms with Crippen LogP contribution in [0.4, 0.5) is 0 Å². The van der Waals surface area contributed by atoms with Gasteiger partial charge in [0, 0.05) is 20.8 Å². The Morgan fingerprint density at radius 3 is 2.03 bits per heavy atom. The smallest absolute Gasteiger partial charge is 0.338 e. The Kier molecular flexibility index (Phi) is 7.11. The topological polar surface area (TPSA) is 125 Å². The lowest BCUT2D eigenvalue weighted by Gasteiger charge is -2.43. The highest BCUT2D eigenvalue weighted by atomic mass is 16.6. The predicted octanol–water partition coefficient (Wildman–Crippen LogP) is 0.939. The minimum atomic E-state index is -2.20. The molecule has 9 heteroatoms. The van der Waals surface area contributed by atoms with Crippen molar-refractivity contribution < 1.29 is 43.2 Å². The monoisotopic (exact) mass is 406 g/mol. The molecule has 0 saturated heterocycles. The summed E-state index contributed by atoms with van der Waals surface area (Å²) >= 11 is 0. The van der Waals surface area contributed by atoms with E-state index >= 15 is 0 Å². The van der Waals surface area contributed by atoms with Crippen LogP contribution >= 0.6 is 0 Å². The average molecular weight is 406 g/mol. The molecule has 29 heavy (non-hydrogen) atoms. The van der Waals surface area contributed by atoms with Gasteiger partial charge in [-0.05, 0) is 24.3 Å². The van der Waals surface area contributed by atoms with E-state index in [1.807, 2.05) is 0 Å². The third kappa shape index (κ3) is 5.64. The largest absolute Gasteiger partial charge is 0.459 e. The second-order valence-electron chi connectivity index (χ2n) is 6.45. The highest BCUT2D eigenvalue weighted by Crippen LogP contribution is 2.32. The Hall–Kier alpha value is -3.20. The molecule has 1 N–H and O–H groups in total. The quantitative estimate of drug-likeness (QED) is 0.417. The lowest BCUT2D eigenvalue weighted by atomic mass is 9.82. The van der Waals surface area contributed by atoms with E-state index in [2.05, 4.69) is 0 Å². The molecule has 0 amide bonds. The van der Waals surface area contributed by atoms with E-state index in [1.54, 1.807) is 18.2 Å². The van der Waals surface area contributed by atoms with E-state index in [9.17, 15) is 24.3 Å². The van der Waals surface area contributed by atoms with Crippen molar-refractivity contribution in [3.05, 3.63) is 48.0 Å². The first-order chi connectivity index (χ1) is 13.6. The maximum Gasteiger partial charge on any atom is 0.338 e. The fourth-order valence-electron chi connectivity index (χ4n) is 2.89. The lowest BCUT2D eigenvalue weighted by molar-refractivity contribution is -0.217. The summed E-state index contributed by atoms with van der Waals surface area (Å²) in [4.78, 5) is 46.8. The van der Waals surface area contributed by atoms with Crippen molar-refractivity contribution >= 4 is 23.9 Å². The van der Waals surface area contributed by atoms with Gasteiger partial charge < -0.3 is 24.1 Å². The summed E-state index contributed by atoms with van der Waals surface area (Å²) in [5.41, 5.74) is -1.97. The highest BCUT2D eigenvalue weighted by Gasteiger charge is 2.55. The fourth-order valence-corrected chi connectivity index (χ4v) is 2.89. The van der Waals surface area contributed by atoms with E-state index < -0.39 is 54.4 Å². The minimum absolute atomic E-state index is 0.229. The molecule has 156 valence electrons. The second-order valence-corrected chi connectivity index (χ2v) is 6.45. The first-order valence-electron chi connectivity index (χ1n) is 8.78. The van der Waals surface area contributed by atoms with Crippen molar-refractivity contribution in [1.82, 2.24) is 0 Å². The number of esters is 4. The maximum atomic E-state index is 12.3. The van der Waals surface area contributed by atoms with Gasteiger partial charge in [0.25, 0.3) is 0 Å². The maximum absolute atomic E-state index is 12.3. The summed E-state index contributed by atoms with van der Waals surface area (Å²) in [6.45, 7) is 2.67. The standard InChI is InChI=1S/C20H22O9/c1-12(21)27-16-9-10-17(28-13(2)22)20(25,18(16)29-14(3)23)11-26-19(24)15-7-5-4-6-8-15/h4-10,16-18,25H,11H2,1-3H3/t16-,17-,18+,20+/m0/s1. The number of hydrogen-bond donors (Lipinski definition) is 1. The molecule has 0 unspecified atom stereocenters. The van der Waals surface area contributed by atoms with Crippen LogP contribution in [0.25, 0.3) is 0 Å². The van der Waals surface area contributed by atoms with Crippen molar-refractivity contribution in [2.75, 3.05) is 6.61 Å². The zero-order valence-corrected chi connectivity index (χ0v) is 16.2. The molecule has 4 atom stereocenters. The molecule has 0 aromatic heterocycles. The lowest BCUT2D eigenvalue weighted by Crippen LogP contribution is -2.64. The van der Waals surface area contributed by atoms with Crippen LogP contribution in [0.3, 0.4) is 0 Å². The van der Waals surface area contributed by atoms with Gasteiger partial charge in [-0.3, -0.25) is 14.4 Å². The number of ether oxygens (including phenoxy) is 4. The molecular weight excluding hydrogens is 384 g/mol. The van der Waals surface area contributed by atoms with E-state index in [4.69, 9.17) is 18.9 Å². The number of aliphatic hydroxyl groups is 1. The Bertz CT molecular complexity index is 801. The van der Waals surface area contributed by atoms with Crippen LogP contribution in [-0.4, -0.2) is 59.5 Å². The van der Waals surface area contributed by atoms with Gasteiger partial charge >= 0.3 is 23.9 Å². The molecule has 0 fully saturated rings. The van der Waals surface area contributed by atoms with E-state index in [0.717, 1.165) is 20.8 Å². The van der Waals surface area contributed by atoms with Crippen molar-refractivity contribution in [1.29, 1.82) is 0 Å². The van der Waals surface area contributed by atoms with Gasteiger partial charge in [0.15, 0.2) is 23.9 Å². The zero-order chi connectivity index (χ0) is 21.6. The Morgan fingerprint density at radius 1 is 0.897 bits per heavy atom. The van der Waals surface area contributed by atoms with Gasteiger partial charge in [-0.15, -0.1) is 0 Å². The van der Waals surface area contributed by atoms with E-state index in [1.165, 1.54) is 24.3 Å². The normalized spacial score (nSPS) is 25.6. The number of hydrogen-bond acceptors (Lipinski definition) is 9. The van der Waals surface area contributed by atoms with E-state index in [-0.39, 0.29) is 5.56 Å². The first kappa shape index (κ1) is 22.1. The molecule has 1 aromatic carbocycles. The van der Waals surface area contributed by atoms with Gasteiger partial charge in [-0.1, -0.05) is 18.2 Å². The zero-order valence-electron chi connectivity index (χ0n) is 16.2. The molecule has 0 bridgehead atoms. The first-order valence-corrected chi connectivity index (χ1v) is 8.78. The van der Waals surface area contributed by atoms with E-state index in [0.29, 0.717) is 0 Å². The number of rotatable bonds is 6. The van der Waals surface area contributed by atoms with Crippen LogP contribution in [0.15, 0.2) is 42.5 Å². The van der Waals surface area contributed by atoms with Crippen LogP contribution in [-0.2, 0) is 33.3 Å². The summed E-state index contributed by atoms with van der Waals surface area (Å²) in [5, 5.41) is 11.3. The van der Waals surface area contributed by atoms with Crippen molar-refractivity contribution in [3.63, 3.8) is 0 Å². The predicted molar refractivity (Wildman–Crippen MR) is 97.5 cm³/mol. The Labute approximate surface area is 167 Å². The molecule has 0 saturated carbocycles. The van der Waals surface area contributed by atoms with Crippen molar-refractivity contribution in [2.24, 2.45) is 0 Å². The van der Waals surface area contributed by atoms with Crippen LogP contribution < -0.4 is 0 Å². The number of benzene rings is 1. The van der Waals surface area contributed by atoms with Crippen LogP contribution in [0.2, 0.25) is 0 Å². The second kappa shape index (κ2) is 9.33. The summed E-state index contributed by atoms with van der Waals surface area (Å²) in [6.07, 6.45) is -1.37. The SMILES string of the molecule is CC(=O)O[C@H]1C=C[C@H](OC(C)=O)[C@](O)(COC(=O)c2ccccc2)[C@@H]1OC(C)=O. The van der Waals surface area contributed by atoms with Crippen molar-refractivity contribution in [3.8, 4) is 0 Å². The van der Waals surface area contributed by atoms with Gasteiger partial charge in [0.2, 0.25) is 0 Å². The molecule has 9 nitrogen and oxygen atoms in total. The minimum Gasteiger partial charge on any atom is -0.459 e. The molecular formula is C20H22O9. The van der Waals surface area contributed by atoms with Crippen LogP contribution in [0.5, 0.6) is 0 Å². The van der Waals surface area contributed by atoms with Gasteiger partial charge in [-0.25, -0.2) is 4.79 Å². The molecule has 1 aromatic rings. The molecule has 1 aliphatic rings. The van der Waals surface area contributed by atoms with Gasteiger partial charge in [0.05, 0.1) is 5.56 Å². The van der Waals surface area contributed by atoms with Gasteiger partial charge in [0.1, 0.15) is 6.61 Å². The van der Waals surface area contributed by atoms with Crippen molar-refractivity contribution in [2.45, 2.75) is 44.7 Å². The molecule has 0 heterocycles. The third-order valence-corrected chi connectivity index (χ3v) is 4.09. The Balaban J connectivity index is 2.35. The average Bonchev–Trinajstić information content (AvgIpc) is 2.65. The summed E-state index contributed by atoms with van der Waals surface area (Å²) in [6, 6.07) is 8.01. The van der Waals surface area contributed by atoms with Gasteiger partial charge in [-0.2, -0.15) is 0 Å². The number of carbonyl (C=O) groups excluding carboxylic acids is 4. The molecule has 1 aliphatic carbocycles. The summed E-state index contributed by atoms with van der Waals surface area (Å²) < 4.78 is 20.6. The van der Waals surface area contributed by atoms with Crippen LogP contribution in [0.1, 0.15) is 31.1 Å². The number of carbonyl (C=O) groups is 4. The molecule has 0 radical (unpaired) electrons. The Morgan fingerprint density at radius 2 is 1.48 bits per heavy atom. The summed E-state index contributed by atoms with van der Waals surface area (Å²) in [7, 11) is 0. The molecule has 2 rings (SSSR count). The molecule has 0 spiro atoms. The fraction of sp³-hybridized carbons (Fsp3) is 0.400. The third-order valence-electron chi connectivity index (χ3n) is 4.09. The summed E-state index contributed by atoms with van der Waals surface area (Å²) in [5.74, 6) is -2.94. The molecule has 0 aliphatic heterocycles. The van der Waals surface area contributed by atoms with Crippen LogP contribution in [0, 0.1) is 0 Å².